The quantitative estimate of drug-likeness (QED) is 0.351. The fraction of sp³-hybridized carbons (Fsp3) is 0.312. The molecule has 0 bridgehead atoms. The number of benzene rings is 1. The number of carbonyl (C=O) groups is 1. The van der Waals surface area contributed by atoms with E-state index in [-0.39, 0.29) is 18.2 Å². The summed E-state index contributed by atoms with van der Waals surface area (Å²) >= 11 is 5.43. The molecule has 0 radical (unpaired) electrons. The number of rotatable bonds is 5. The molecule has 1 amide bonds. The predicted molar refractivity (Wildman–Crippen MR) is 96.5 cm³/mol. The van der Waals surface area contributed by atoms with Crippen molar-refractivity contribution in [3.63, 3.8) is 0 Å². The van der Waals surface area contributed by atoms with Gasteiger partial charge in [-0.2, -0.15) is 17.9 Å². The van der Waals surface area contributed by atoms with Crippen LogP contribution in [0.4, 0.5) is 27.6 Å². The molecule has 0 saturated heterocycles. The van der Waals surface area contributed by atoms with Gasteiger partial charge in [-0.15, -0.1) is 0 Å². The molecule has 0 fully saturated rings. The maximum Gasteiger partial charge on any atom is 0.431 e. The number of aromatic nitrogens is 1. The summed E-state index contributed by atoms with van der Waals surface area (Å²) in [6.45, 7) is 1.33. The maximum atomic E-state index is 14.0. The number of halogens is 6. The van der Waals surface area contributed by atoms with Crippen LogP contribution < -0.4 is 10.0 Å². The summed E-state index contributed by atoms with van der Waals surface area (Å²) in [5.41, 5.74) is -4.91. The number of hydrogen-bond acceptors (Lipinski definition) is 4. The van der Waals surface area contributed by atoms with Crippen molar-refractivity contribution < 1.29 is 40.3 Å². The number of hydrogen-bond donors (Lipinski definition) is 3. The summed E-state index contributed by atoms with van der Waals surface area (Å²) in [5.74, 6) is -3.38. The van der Waals surface area contributed by atoms with Crippen LogP contribution in [0.1, 0.15) is 23.0 Å². The molecule has 0 aliphatic carbocycles. The van der Waals surface area contributed by atoms with Crippen LogP contribution in [0.2, 0.25) is 5.02 Å². The van der Waals surface area contributed by atoms with Gasteiger partial charge < -0.3 is 15.0 Å². The molecule has 1 heterocycles. The summed E-state index contributed by atoms with van der Waals surface area (Å²) in [4.78, 5) is 11.8. The molecule has 0 saturated carbocycles. The van der Waals surface area contributed by atoms with E-state index in [0.29, 0.717) is 0 Å². The van der Waals surface area contributed by atoms with Crippen molar-refractivity contribution in [2.24, 2.45) is 7.05 Å². The van der Waals surface area contributed by atoms with E-state index in [1.54, 1.807) is 0 Å². The van der Waals surface area contributed by atoms with E-state index in [4.69, 9.17) is 11.6 Å². The lowest BCUT2D eigenvalue weighted by Crippen LogP contribution is -2.56. The average Bonchev–Trinajstić information content (AvgIpc) is 2.89. The van der Waals surface area contributed by atoms with Crippen LogP contribution in [-0.2, 0) is 17.1 Å². The van der Waals surface area contributed by atoms with Crippen LogP contribution in [0.15, 0.2) is 23.2 Å². The van der Waals surface area contributed by atoms with Gasteiger partial charge in [0.1, 0.15) is 21.4 Å². The van der Waals surface area contributed by atoms with Gasteiger partial charge in [0.25, 0.3) is 5.91 Å². The second kappa shape index (κ2) is 7.80. The number of carbonyl (C=O) groups excluding carboxylic acids is 1. The Labute approximate surface area is 172 Å². The Morgan fingerprint density at radius 2 is 1.80 bits per heavy atom. The number of aryl methyl sites for hydroxylation is 1. The number of alkyl halides is 3. The smallest absolute Gasteiger partial charge is 0.367 e. The van der Waals surface area contributed by atoms with E-state index in [1.165, 1.54) is 7.05 Å². The SMILES string of the molecule is Cc1c(S(=O)(=O)N[C@](C)(O)C(F)(F)F)cn(C)c1C(=O)Nc1ccc(F)c(Cl)c1F. The van der Waals surface area contributed by atoms with Crippen molar-refractivity contribution in [1.29, 1.82) is 0 Å². The minimum atomic E-state index is -5.32. The first-order valence-electron chi connectivity index (χ1n) is 7.93. The van der Waals surface area contributed by atoms with E-state index in [1.807, 2.05) is 0 Å². The van der Waals surface area contributed by atoms with Crippen molar-refractivity contribution in [2.75, 3.05) is 5.32 Å². The first-order chi connectivity index (χ1) is 13.5. The molecule has 1 aromatic heterocycles. The zero-order chi connectivity index (χ0) is 23.2. The summed E-state index contributed by atoms with van der Waals surface area (Å²) in [7, 11) is -3.71. The molecule has 30 heavy (non-hydrogen) atoms. The average molecular weight is 476 g/mol. The Kier molecular flexibility index (Phi) is 6.25. The van der Waals surface area contributed by atoms with Crippen molar-refractivity contribution in [1.82, 2.24) is 9.29 Å². The number of aliphatic hydroxyl groups is 1. The highest BCUT2D eigenvalue weighted by molar-refractivity contribution is 7.89. The van der Waals surface area contributed by atoms with E-state index in [2.05, 4.69) is 5.32 Å². The standard InChI is InChI=1S/C16H15ClF5N3O4S/c1-7-10(30(28,29)24-15(2,27)16(20,21)22)6-25(3)13(7)14(26)23-9-5-4-8(18)11(17)12(9)19/h4-6,24,27H,1-3H3,(H,23,26)/t15-/m1/s1. The third-order valence-corrected chi connectivity index (χ3v) is 6.06. The Balaban J connectivity index is 2.42. The second-order valence-corrected chi connectivity index (χ2v) is 8.46. The summed E-state index contributed by atoms with van der Waals surface area (Å²) in [6.07, 6.45) is -4.48. The molecular formula is C16H15ClF5N3O4S. The number of anilines is 1. The number of amides is 1. The third-order valence-electron chi connectivity index (χ3n) is 4.06. The molecule has 1 aromatic carbocycles. The lowest BCUT2D eigenvalue weighted by atomic mass is 10.2. The van der Waals surface area contributed by atoms with Crippen molar-refractivity contribution in [2.45, 2.75) is 30.6 Å². The Bertz CT molecular complexity index is 1110. The molecule has 2 aromatic rings. The lowest BCUT2D eigenvalue weighted by Gasteiger charge is -2.26. The van der Waals surface area contributed by atoms with Crippen LogP contribution >= 0.6 is 11.6 Å². The minimum absolute atomic E-state index is 0.206. The largest absolute Gasteiger partial charge is 0.431 e. The van der Waals surface area contributed by atoms with E-state index >= 15 is 0 Å². The summed E-state index contributed by atoms with van der Waals surface area (Å²) in [6, 6.07) is 1.67. The highest BCUT2D eigenvalue weighted by Gasteiger charge is 2.53. The Morgan fingerprint density at radius 3 is 2.33 bits per heavy atom. The number of sulfonamides is 1. The highest BCUT2D eigenvalue weighted by Crippen LogP contribution is 2.31. The van der Waals surface area contributed by atoms with Crippen LogP contribution in [-0.4, -0.2) is 35.9 Å². The summed E-state index contributed by atoms with van der Waals surface area (Å²) in [5, 5.41) is 10.6. The molecular weight excluding hydrogens is 461 g/mol. The van der Waals surface area contributed by atoms with Crippen molar-refractivity contribution in [3.8, 4) is 0 Å². The van der Waals surface area contributed by atoms with Gasteiger partial charge >= 0.3 is 6.18 Å². The third kappa shape index (κ3) is 4.43. The zero-order valence-electron chi connectivity index (χ0n) is 15.5. The fourth-order valence-corrected chi connectivity index (χ4v) is 4.21. The van der Waals surface area contributed by atoms with Gasteiger partial charge in [-0.25, -0.2) is 17.2 Å². The number of nitrogens with zero attached hydrogens (tertiary/aromatic N) is 1. The predicted octanol–water partition coefficient (Wildman–Crippen LogP) is 3.07. The van der Waals surface area contributed by atoms with Crippen LogP contribution in [0.3, 0.4) is 0 Å². The van der Waals surface area contributed by atoms with E-state index < -0.39 is 55.1 Å². The van der Waals surface area contributed by atoms with Crippen LogP contribution in [0.25, 0.3) is 0 Å². The van der Waals surface area contributed by atoms with Crippen LogP contribution in [0, 0.1) is 18.6 Å². The van der Waals surface area contributed by atoms with Crippen molar-refractivity contribution in [3.05, 3.63) is 46.2 Å². The number of nitrogens with one attached hydrogen (secondary N) is 2. The van der Waals surface area contributed by atoms with Gasteiger partial charge in [0.2, 0.25) is 15.7 Å². The highest BCUT2D eigenvalue weighted by atomic mass is 35.5. The van der Waals surface area contributed by atoms with Gasteiger partial charge in [0.15, 0.2) is 5.82 Å². The van der Waals surface area contributed by atoms with Gasteiger partial charge in [0.05, 0.1) is 5.69 Å². The minimum Gasteiger partial charge on any atom is -0.367 e. The first kappa shape index (κ1) is 24.1. The van der Waals surface area contributed by atoms with Gasteiger partial charge in [0, 0.05) is 13.2 Å². The molecule has 0 unspecified atom stereocenters. The van der Waals surface area contributed by atoms with Crippen molar-refractivity contribution >= 4 is 33.2 Å². The van der Waals surface area contributed by atoms with E-state index in [0.717, 1.165) is 34.5 Å². The molecule has 0 aliphatic rings. The fourth-order valence-electron chi connectivity index (χ4n) is 2.50. The molecule has 2 rings (SSSR count). The van der Waals surface area contributed by atoms with Gasteiger partial charge in [-0.05, 0) is 31.5 Å². The summed E-state index contributed by atoms with van der Waals surface area (Å²) < 4.78 is 92.5. The molecule has 14 heteroatoms. The molecule has 166 valence electrons. The van der Waals surface area contributed by atoms with Crippen LogP contribution in [0.5, 0.6) is 0 Å². The Morgan fingerprint density at radius 1 is 1.23 bits per heavy atom. The second-order valence-electron chi connectivity index (χ2n) is 6.43. The van der Waals surface area contributed by atoms with Gasteiger partial charge in [-0.3, -0.25) is 4.79 Å². The molecule has 7 nitrogen and oxygen atoms in total. The molecule has 1 atom stereocenters. The lowest BCUT2D eigenvalue weighted by molar-refractivity contribution is -0.257. The Hall–Kier alpha value is -2.22. The molecule has 0 aliphatic heterocycles. The monoisotopic (exact) mass is 475 g/mol. The first-order valence-corrected chi connectivity index (χ1v) is 9.79. The molecule has 3 N–H and O–H groups in total. The normalized spacial score (nSPS) is 14.5. The molecule has 0 spiro atoms. The van der Waals surface area contributed by atoms with E-state index in [9.17, 15) is 40.3 Å². The zero-order valence-corrected chi connectivity index (χ0v) is 17.1. The topological polar surface area (TPSA) is 100 Å². The van der Waals surface area contributed by atoms with Gasteiger partial charge in [-0.1, -0.05) is 11.6 Å². The maximum absolute atomic E-state index is 14.0.